The Labute approximate surface area is 226 Å². The molecule has 0 amide bonds. The van der Waals surface area contributed by atoms with Crippen LogP contribution in [0.5, 0.6) is 0 Å². The monoisotopic (exact) mass is 920 g/mol. The number of hydrogen-bond donors (Lipinski definition) is 3. The SMILES string of the molecule is C=CCN1C[C@@H](O)[C@H](O)[C@@H](O)[C@H]1c1ccco1.[Ac].[Ac].[Ac]. The molecule has 2 heterocycles. The maximum absolute atomic E-state index is 10.0. The molecule has 5 nitrogen and oxygen atoms in total. The standard InChI is InChI=1S/C12H17NO4.3Ac/c1-2-5-13-7-8(14)11(15)12(16)10(13)9-4-3-6-17-9;;;/h2-4,6,8,10-12,14-16H,1,5,7H2;;;/t8-,10-,11+,12+;;;/m1.../s1. The van der Waals surface area contributed by atoms with Crippen LogP contribution < -0.4 is 0 Å². The van der Waals surface area contributed by atoms with E-state index in [1.54, 1.807) is 18.2 Å². The molecule has 8 heteroatoms. The Morgan fingerprint density at radius 3 is 2.40 bits per heavy atom. The van der Waals surface area contributed by atoms with Gasteiger partial charge in [-0.25, -0.2) is 0 Å². The van der Waals surface area contributed by atoms with Gasteiger partial charge in [-0.1, -0.05) is 6.08 Å². The van der Waals surface area contributed by atoms with Crippen molar-refractivity contribution in [3.63, 3.8) is 0 Å². The average molecular weight is 920 g/mol. The molecule has 4 atom stereocenters. The average Bonchev–Trinajstić information content (AvgIpc) is 2.80. The van der Waals surface area contributed by atoms with Gasteiger partial charge in [0.25, 0.3) is 0 Å². The van der Waals surface area contributed by atoms with E-state index < -0.39 is 24.4 Å². The third-order valence-electron chi connectivity index (χ3n) is 3.08. The van der Waals surface area contributed by atoms with E-state index in [0.717, 1.165) is 0 Å². The van der Waals surface area contributed by atoms with Crippen LogP contribution in [-0.2, 0) is 0 Å². The third-order valence-corrected chi connectivity index (χ3v) is 3.08. The predicted molar refractivity (Wildman–Crippen MR) is 61.2 cm³/mol. The second-order valence-corrected chi connectivity index (χ2v) is 4.25. The molecule has 3 N–H and O–H groups in total. The van der Waals surface area contributed by atoms with Crippen LogP contribution in [0.2, 0.25) is 0 Å². The van der Waals surface area contributed by atoms with E-state index in [1.165, 1.54) is 6.26 Å². The number of aliphatic hydroxyl groups excluding tert-OH is 3. The summed E-state index contributed by atoms with van der Waals surface area (Å²) in [5.74, 6) is 0.574. The Morgan fingerprint density at radius 1 is 1.25 bits per heavy atom. The first-order chi connectivity index (χ1) is 8.15. The fourth-order valence-corrected chi connectivity index (χ4v) is 2.25. The first kappa shape index (κ1) is 25.4. The summed E-state index contributed by atoms with van der Waals surface area (Å²) in [7, 11) is 0. The summed E-state index contributed by atoms with van der Waals surface area (Å²) in [5.41, 5.74) is 0. The van der Waals surface area contributed by atoms with E-state index >= 15 is 0 Å². The second kappa shape index (κ2) is 12.5. The number of furan rings is 1. The van der Waals surface area contributed by atoms with E-state index in [2.05, 4.69) is 6.58 Å². The van der Waals surface area contributed by atoms with Gasteiger partial charge in [0.1, 0.15) is 18.0 Å². The molecule has 0 unspecified atom stereocenters. The number of piperidine rings is 1. The number of rotatable bonds is 3. The van der Waals surface area contributed by atoms with Crippen molar-refractivity contribution < 1.29 is 152 Å². The van der Waals surface area contributed by atoms with Crippen LogP contribution in [-0.4, -0.2) is 51.6 Å². The molecule has 1 aliphatic rings. The van der Waals surface area contributed by atoms with Crippen molar-refractivity contribution in [3.05, 3.63) is 36.8 Å². The van der Waals surface area contributed by atoms with Gasteiger partial charge in [0.2, 0.25) is 0 Å². The molecule has 2 rings (SSSR count). The van der Waals surface area contributed by atoms with Gasteiger partial charge < -0.3 is 19.7 Å². The van der Waals surface area contributed by atoms with Crippen LogP contribution in [0.1, 0.15) is 11.8 Å². The summed E-state index contributed by atoms with van der Waals surface area (Å²) < 4.78 is 5.27. The molecule has 1 fully saturated rings. The van der Waals surface area contributed by atoms with Gasteiger partial charge in [0.05, 0.1) is 18.4 Å². The van der Waals surface area contributed by atoms with E-state index in [0.29, 0.717) is 12.3 Å². The first-order valence-electron chi connectivity index (χ1n) is 5.57. The Morgan fingerprint density at radius 2 is 1.90 bits per heavy atom. The summed E-state index contributed by atoms with van der Waals surface area (Å²) in [6.45, 7) is 4.42. The van der Waals surface area contributed by atoms with Gasteiger partial charge >= 0.3 is 0 Å². The largest absolute Gasteiger partial charge is 0.468 e. The van der Waals surface area contributed by atoms with Crippen LogP contribution in [0.4, 0.5) is 0 Å². The molecule has 0 spiro atoms. The Hall–Kier alpha value is 3.18. The van der Waals surface area contributed by atoms with Gasteiger partial charge in [0, 0.05) is 145 Å². The van der Waals surface area contributed by atoms with E-state index in [1.807, 2.05) is 4.90 Å². The number of likely N-dealkylation sites (tertiary alicyclic amines) is 1. The molecule has 1 aromatic rings. The fourth-order valence-electron chi connectivity index (χ4n) is 2.25. The minimum atomic E-state index is -1.16. The maximum Gasteiger partial charge on any atom is 0.123 e. The van der Waals surface area contributed by atoms with Gasteiger partial charge in [-0.3, -0.25) is 4.90 Å². The number of nitrogens with zero attached hydrogens (tertiary/aromatic N) is 1. The minimum Gasteiger partial charge on any atom is -0.468 e. The van der Waals surface area contributed by atoms with Gasteiger partial charge in [-0.2, -0.15) is 0 Å². The molecule has 1 saturated heterocycles. The topological polar surface area (TPSA) is 77.1 Å². The molecule has 0 bridgehead atoms. The molecule has 1 aliphatic heterocycles. The van der Waals surface area contributed by atoms with Crippen molar-refractivity contribution in [2.45, 2.75) is 24.4 Å². The zero-order valence-electron chi connectivity index (χ0n) is 11.2. The molecule has 1 aromatic heterocycles. The van der Waals surface area contributed by atoms with Crippen molar-refractivity contribution >= 4 is 0 Å². The number of aliphatic hydroxyl groups is 3. The van der Waals surface area contributed by atoms with E-state index in [-0.39, 0.29) is 139 Å². The summed E-state index contributed by atoms with van der Waals surface area (Å²) in [6, 6.07) is 3.02. The minimum absolute atomic E-state index is 0. The summed E-state index contributed by atoms with van der Waals surface area (Å²) in [6.07, 6.45) is 0.00530. The van der Waals surface area contributed by atoms with E-state index in [4.69, 9.17) is 4.42 Å². The first-order valence-corrected chi connectivity index (χ1v) is 5.57. The maximum atomic E-state index is 10.0. The fraction of sp³-hybridized carbons (Fsp3) is 0.500. The van der Waals surface area contributed by atoms with Gasteiger partial charge in [0.15, 0.2) is 0 Å². The number of β-amino-alcohol motifs (C(OH)–C–C–N with tert-alkyl or cyclic N) is 1. The predicted octanol–water partition coefficient (Wildman–Crippen LogP) is -0.0950. The smallest absolute Gasteiger partial charge is 0.123 e. The van der Waals surface area contributed by atoms with Crippen molar-refractivity contribution in [2.75, 3.05) is 13.1 Å². The van der Waals surface area contributed by atoms with Crippen LogP contribution in [0.3, 0.4) is 0 Å². The van der Waals surface area contributed by atoms with Crippen molar-refractivity contribution in [2.24, 2.45) is 0 Å². The summed E-state index contributed by atoms with van der Waals surface area (Å²) >= 11 is 0. The molecule has 0 saturated carbocycles. The van der Waals surface area contributed by atoms with Crippen LogP contribution >= 0.6 is 0 Å². The van der Waals surface area contributed by atoms with Crippen molar-refractivity contribution in [3.8, 4) is 0 Å². The Kier molecular flexibility index (Phi) is 15.9. The normalized spacial score (nSPS) is 29.6. The van der Waals surface area contributed by atoms with E-state index in [9.17, 15) is 15.3 Å². The zero-order chi connectivity index (χ0) is 12.4. The molecule has 20 heavy (non-hydrogen) atoms. The second-order valence-electron chi connectivity index (χ2n) is 4.25. The molecule has 0 aliphatic carbocycles. The third kappa shape index (κ3) is 6.24. The van der Waals surface area contributed by atoms with Crippen LogP contribution in [0.15, 0.2) is 35.5 Å². The summed E-state index contributed by atoms with van der Waals surface area (Å²) in [4.78, 5) is 1.83. The Bertz CT molecular complexity index is 377. The number of hydrogen-bond acceptors (Lipinski definition) is 5. The van der Waals surface area contributed by atoms with Gasteiger partial charge in [-0.05, 0) is 12.1 Å². The molecular weight excluding hydrogens is 903 g/mol. The van der Waals surface area contributed by atoms with Crippen molar-refractivity contribution in [1.82, 2.24) is 4.90 Å². The quantitative estimate of drug-likeness (QED) is 0.371. The van der Waals surface area contributed by atoms with Crippen LogP contribution in [0, 0.1) is 132 Å². The molecule has 3 radical (unpaired) electrons. The van der Waals surface area contributed by atoms with Crippen molar-refractivity contribution in [1.29, 1.82) is 0 Å². The summed E-state index contributed by atoms with van der Waals surface area (Å²) in [5, 5.41) is 29.4. The molecule has 0 aromatic carbocycles. The van der Waals surface area contributed by atoms with Gasteiger partial charge in [-0.15, -0.1) is 6.58 Å². The van der Waals surface area contributed by atoms with Crippen LogP contribution in [0.25, 0.3) is 0 Å². The Balaban J connectivity index is 0. The molecule has 103 valence electrons. The zero-order valence-corrected chi connectivity index (χ0v) is 25.4. The molecular formula is C12H17Ac3NO4.